The van der Waals surface area contributed by atoms with Crippen LogP contribution in [0.5, 0.6) is 17.2 Å². The first-order valence-electron chi connectivity index (χ1n) is 13.8. The minimum Gasteiger partial charge on any atom is -0.497 e. The first kappa shape index (κ1) is 29.2. The van der Waals surface area contributed by atoms with E-state index in [4.69, 9.17) is 14.2 Å². The molecule has 0 aromatic heterocycles. The number of rotatable bonds is 14. The Kier molecular flexibility index (Phi) is 9.74. The van der Waals surface area contributed by atoms with Crippen LogP contribution < -0.4 is 14.2 Å². The highest BCUT2D eigenvalue weighted by Crippen LogP contribution is 2.47. The maximum Gasteiger partial charge on any atom is 0.309 e. The Hall–Kier alpha value is -2.82. The van der Waals surface area contributed by atoms with Crippen molar-refractivity contribution >= 4 is 16.0 Å². The fourth-order valence-electron chi connectivity index (χ4n) is 5.56. The summed E-state index contributed by atoms with van der Waals surface area (Å²) in [4.78, 5) is 14.9. The van der Waals surface area contributed by atoms with Gasteiger partial charge in [-0.25, -0.2) is 12.7 Å². The summed E-state index contributed by atoms with van der Waals surface area (Å²) in [5, 5.41) is 10.5. The van der Waals surface area contributed by atoms with Gasteiger partial charge in [-0.2, -0.15) is 0 Å². The summed E-state index contributed by atoms with van der Waals surface area (Å²) in [6, 6.07) is 12.7. The van der Waals surface area contributed by atoms with Crippen LogP contribution in [0.15, 0.2) is 42.5 Å². The predicted molar refractivity (Wildman–Crippen MR) is 149 cm³/mol. The molecule has 1 saturated heterocycles. The molecule has 4 rings (SSSR count). The molecule has 2 heterocycles. The molecule has 10 heteroatoms. The van der Waals surface area contributed by atoms with Crippen LogP contribution in [0.2, 0.25) is 0 Å². The van der Waals surface area contributed by atoms with Crippen molar-refractivity contribution in [3.63, 3.8) is 0 Å². The minimum atomic E-state index is -3.40. The number of aliphatic carboxylic acids is 1. The van der Waals surface area contributed by atoms with Crippen LogP contribution in [0.3, 0.4) is 0 Å². The highest BCUT2D eigenvalue weighted by molar-refractivity contribution is 7.89. The van der Waals surface area contributed by atoms with Crippen LogP contribution >= 0.6 is 0 Å². The number of carbonyl (C=O) groups is 1. The normalized spacial score (nSPS) is 21.0. The van der Waals surface area contributed by atoms with Gasteiger partial charge in [-0.1, -0.05) is 44.9 Å². The molecule has 2 aromatic carbocycles. The van der Waals surface area contributed by atoms with Crippen molar-refractivity contribution in [3.05, 3.63) is 53.6 Å². The van der Waals surface area contributed by atoms with Crippen molar-refractivity contribution < 1.29 is 32.5 Å². The monoisotopic (exact) mass is 560 g/mol. The molecule has 0 aliphatic carbocycles. The number of unbranched alkanes of at least 4 members (excludes halogenated alkanes) is 2. The molecule has 0 unspecified atom stereocenters. The van der Waals surface area contributed by atoms with Crippen LogP contribution in [0.1, 0.15) is 62.6 Å². The average molecular weight is 561 g/mol. The number of sulfonamides is 1. The third-order valence-electron chi connectivity index (χ3n) is 7.71. The molecule has 9 nitrogen and oxygen atoms in total. The predicted octanol–water partition coefficient (Wildman–Crippen LogP) is 4.50. The van der Waals surface area contributed by atoms with Crippen molar-refractivity contribution in [3.8, 4) is 17.2 Å². The lowest BCUT2D eigenvalue weighted by molar-refractivity contribution is -0.143. The molecular formula is C29H40N2O7S. The van der Waals surface area contributed by atoms with Crippen LogP contribution in [0, 0.1) is 5.92 Å². The molecule has 39 heavy (non-hydrogen) atoms. The number of carboxylic acids is 1. The van der Waals surface area contributed by atoms with Gasteiger partial charge in [0.1, 0.15) is 5.75 Å². The first-order chi connectivity index (χ1) is 18.8. The molecule has 0 radical (unpaired) electrons. The Bertz CT molecular complexity index is 1220. The lowest BCUT2D eigenvalue weighted by Crippen LogP contribution is -2.40. The van der Waals surface area contributed by atoms with Crippen LogP contribution in [-0.2, 0) is 14.8 Å². The van der Waals surface area contributed by atoms with E-state index in [1.807, 2.05) is 56.3 Å². The van der Waals surface area contributed by atoms with E-state index in [2.05, 4.69) is 4.90 Å². The molecule has 214 valence electrons. The second kappa shape index (κ2) is 13.0. The Balaban J connectivity index is 1.66. The first-order valence-corrected chi connectivity index (χ1v) is 15.4. The van der Waals surface area contributed by atoms with E-state index < -0.39 is 28.0 Å². The van der Waals surface area contributed by atoms with E-state index in [1.165, 1.54) is 0 Å². The number of nitrogens with zero attached hydrogens (tertiary/aromatic N) is 2. The summed E-state index contributed by atoms with van der Waals surface area (Å²) in [5.74, 6) is 0.145. The molecular weight excluding hydrogens is 520 g/mol. The van der Waals surface area contributed by atoms with E-state index in [1.54, 1.807) is 11.4 Å². The van der Waals surface area contributed by atoms with Crippen LogP contribution in [0.25, 0.3) is 0 Å². The van der Waals surface area contributed by atoms with Crippen molar-refractivity contribution in [2.24, 2.45) is 5.92 Å². The maximum atomic E-state index is 13.2. The Morgan fingerprint density at radius 3 is 2.38 bits per heavy atom. The van der Waals surface area contributed by atoms with Crippen LogP contribution in [-0.4, -0.2) is 74.5 Å². The Morgan fingerprint density at radius 1 is 1.03 bits per heavy atom. The van der Waals surface area contributed by atoms with Gasteiger partial charge in [0, 0.05) is 38.1 Å². The van der Waals surface area contributed by atoms with E-state index >= 15 is 0 Å². The number of likely N-dealkylation sites (tertiary alicyclic amines) is 1. The summed E-state index contributed by atoms with van der Waals surface area (Å²) in [6.07, 6.45) is 3.11. The lowest BCUT2D eigenvalue weighted by atomic mass is 9.82. The summed E-state index contributed by atoms with van der Waals surface area (Å²) < 4.78 is 44.3. The summed E-state index contributed by atoms with van der Waals surface area (Å²) in [5.41, 5.74) is 1.73. The van der Waals surface area contributed by atoms with Crippen molar-refractivity contribution in [1.29, 1.82) is 0 Å². The highest BCUT2D eigenvalue weighted by Gasteiger charge is 2.47. The van der Waals surface area contributed by atoms with Gasteiger partial charge in [0.25, 0.3) is 0 Å². The second-order valence-electron chi connectivity index (χ2n) is 10.2. The SMILES string of the molecule is CCCCN(CCN1C[C@H](c2ccc3c(c2)OCO3)[C@@H](C(=O)O)[C@@H]1c1ccc(OC)cc1)S(=O)(=O)CCCC. The zero-order valence-electron chi connectivity index (χ0n) is 23.0. The minimum absolute atomic E-state index is 0.132. The summed E-state index contributed by atoms with van der Waals surface area (Å²) in [6.45, 7) is 5.87. The Labute approximate surface area is 231 Å². The quantitative estimate of drug-likeness (QED) is 0.360. The molecule has 0 saturated carbocycles. The zero-order chi connectivity index (χ0) is 28.0. The third kappa shape index (κ3) is 6.67. The van der Waals surface area contributed by atoms with Gasteiger partial charge in [-0.05, 0) is 48.2 Å². The third-order valence-corrected chi connectivity index (χ3v) is 9.67. The fourth-order valence-corrected chi connectivity index (χ4v) is 7.24. The second-order valence-corrected chi connectivity index (χ2v) is 12.3. The number of hydrogen-bond acceptors (Lipinski definition) is 7. The molecule has 0 amide bonds. The summed E-state index contributed by atoms with van der Waals surface area (Å²) in [7, 11) is -1.80. The van der Waals surface area contributed by atoms with Gasteiger partial charge in [-0.15, -0.1) is 0 Å². The molecule has 2 aliphatic heterocycles. The van der Waals surface area contributed by atoms with Crippen LogP contribution in [0.4, 0.5) is 0 Å². The molecule has 1 N–H and O–H groups in total. The number of carboxylic acid groups (broad SMARTS) is 1. The average Bonchev–Trinajstić information content (AvgIpc) is 3.56. The van der Waals surface area contributed by atoms with E-state index in [-0.39, 0.29) is 18.5 Å². The fraction of sp³-hybridized carbons (Fsp3) is 0.552. The number of fused-ring (bicyclic) bond motifs is 1. The lowest BCUT2D eigenvalue weighted by Gasteiger charge is -2.30. The van der Waals surface area contributed by atoms with Crippen molar-refractivity contribution in [2.75, 3.05) is 45.8 Å². The molecule has 2 aromatic rings. The molecule has 3 atom stereocenters. The largest absolute Gasteiger partial charge is 0.497 e. The van der Waals surface area contributed by atoms with Crippen molar-refractivity contribution in [1.82, 2.24) is 9.21 Å². The van der Waals surface area contributed by atoms with Gasteiger partial charge in [0.15, 0.2) is 11.5 Å². The van der Waals surface area contributed by atoms with Gasteiger partial charge in [0.2, 0.25) is 16.8 Å². The van der Waals surface area contributed by atoms with E-state index in [0.717, 1.165) is 30.4 Å². The van der Waals surface area contributed by atoms with Gasteiger partial charge in [-0.3, -0.25) is 9.69 Å². The number of ether oxygens (including phenoxy) is 3. The van der Waals surface area contributed by atoms with Gasteiger partial charge in [0.05, 0.1) is 18.8 Å². The summed E-state index contributed by atoms with van der Waals surface area (Å²) >= 11 is 0. The van der Waals surface area contributed by atoms with Crippen molar-refractivity contribution in [2.45, 2.75) is 51.5 Å². The molecule has 2 aliphatic rings. The maximum absolute atomic E-state index is 13.2. The molecule has 0 bridgehead atoms. The molecule has 0 spiro atoms. The zero-order valence-corrected chi connectivity index (χ0v) is 23.9. The standard InChI is InChI=1S/C29H40N2O7S/c1-4-6-14-31(39(34,35)17-7-5-2)16-15-30-19-24(22-10-13-25-26(18-22)38-20-37-25)27(29(32)33)28(30)21-8-11-23(36-3)12-9-21/h8-13,18,24,27-28H,4-7,14-17,19-20H2,1-3H3,(H,32,33)/t24-,27-,28+/m1/s1. The molecule has 1 fully saturated rings. The van der Waals surface area contributed by atoms with E-state index in [0.29, 0.717) is 49.8 Å². The number of methoxy groups -OCH3 is 1. The highest BCUT2D eigenvalue weighted by atomic mass is 32.2. The van der Waals surface area contributed by atoms with Gasteiger partial charge < -0.3 is 19.3 Å². The smallest absolute Gasteiger partial charge is 0.309 e. The van der Waals surface area contributed by atoms with E-state index in [9.17, 15) is 18.3 Å². The van der Waals surface area contributed by atoms with Gasteiger partial charge >= 0.3 is 5.97 Å². The number of hydrogen-bond donors (Lipinski definition) is 1. The topological polar surface area (TPSA) is 106 Å². The Morgan fingerprint density at radius 2 is 1.72 bits per heavy atom. The number of benzene rings is 2.